The molecule has 0 bridgehead atoms. The van der Waals surface area contributed by atoms with Gasteiger partial charge >= 0.3 is 5.97 Å². The van der Waals surface area contributed by atoms with Gasteiger partial charge in [0.25, 0.3) is 5.91 Å². The number of aromatic hydroxyl groups is 2. The van der Waals surface area contributed by atoms with Crippen molar-refractivity contribution in [3.63, 3.8) is 0 Å². The molecule has 0 atom stereocenters. The number of amides is 1. The van der Waals surface area contributed by atoms with E-state index in [4.69, 9.17) is 4.84 Å². The maximum absolute atomic E-state index is 12.1. The van der Waals surface area contributed by atoms with Gasteiger partial charge in [0.15, 0.2) is 0 Å². The van der Waals surface area contributed by atoms with Crippen LogP contribution in [0, 0.1) is 3.57 Å². The number of hydrogen-bond donors (Lipinski definition) is 3. The van der Waals surface area contributed by atoms with Crippen LogP contribution in [0.25, 0.3) is 0 Å². The molecule has 0 spiro atoms. The first-order valence-corrected chi connectivity index (χ1v) is 9.32. The second-order valence-electron chi connectivity index (χ2n) is 5.72. The van der Waals surface area contributed by atoms with Gasteiger partial charge in [0.2, 0.25) is 0 Å². The molecule has 0 fully saturated rings. The molecule has 0 saturated carbocycles. The minimum Gasteiger partial charge on any atom is -0.508 e. The van der Waals surface area contributed by atoms with E-state index in [1.807, 2.05) is 28.7 Å². The molecule has 0 aliphatic carbocycles. The van der Waals surface area contributed by atoms with Gasteiger partial charge in [0.1, 0.15) is 11.5 Å². The summed E-state index contributed by atoms with van der Waals surface area (Å²) in [5.41, 5.74) is 3.81. The Balaban J connectivity index is 1.60. The van der Waals surface area contributed by atoms with Gasteiger partial charge < -0.3 is 15.1 Å². The van der Waals surface area contributed by atoms with Crippen molar-refractivity contribution in [1.82, 2.24) is 0 Å². The van der Waals surface area contributed by atoms with Crippen molar-refractivity contribution in [2.75, 3.05) is 5.48 Å². The lowest BCUT2D eigenvalue weighted by molar-refractivity contribution is 0.0595. The Morgan fingerprint density at radius 1 is 0.931 bits per heavy atom. The Morgan fingerprint density at radius 3 is 2.34 bits per heavy atom. The summed E-state index contributed by atoms with van der Waals surface area (Å²) in [5, 5.41) is 26.3. The molecule has 9 heteroatoms. The van der Waals surface area contributed by atoms with E-state index in [9.17, 15) is 19.8 Å². The van der Waals surface area contributed by atoms with E-state index >= 15 is 0 Å². The van der Waals surface area contributed by atoms with Crippen LogP contribution in [-0.4, -0.2) is 22.1 Å². The van der Waals surface area contributed by atoms with Gasteiger partial charge in [0.05, 0.1) is 22.5 Å². The maximum Gasteiger partial charge on any atom is 0.363 e. The van der Waals surface area contributed by atoms with Gasteiger partial charge in [-0.1, -0.05) is 12.1 Å². The quantitative estimate of drug-likeness (QED) is 0.261. The molecule has 3 rings (SSSR count). The van der Waals surface area contributed by atoms with Crippen molar-refractivity contribution >= 4 is 45.8 Å². The molecule has 0 aliphatic heterocycles. The fraction of sp³-hybridized carbons (Fsp3) is 0. The first kappa shape index (κ1) is 20.3. The van der Waals surface area contributed by atoms with Gasteiger partial charge in [-0.3, -0.25) is 4.79 Å². The van der Waals surface area contributed by atoms with Crippen LogP contribution in [0.2, 0.25) is 0 Å². The third kappa shape index (κ3) is 5.29. The molecular formula is C20H14IN3O5. The smallest absolute Gasteiger partial charge is 0.363 e. The van der Waals surface area contributed by atoms with E-state index in [-0.39, 0.29) is 17.1 Å². The molecule has 0 heterocycles. The summed E-state index contributed by atoms with van der Waals surface area (Å²) in [4.78, 5) is 29.1. The molecule has 0 unspecified atom stereocenters. The fourth-order valence-corrected chi connectivity index (χ4v) is 2.85. The van der Waals surface area contributed by atoms with Crippen LogP contribution < -0.4 is 5.48 Å². The molecule has 3 aromatic rings. The Bertz CT molecular complexity index is 1080. The predicted octanol–water partition coefficient (Wildman–Crippen LogP) is 4.81. The van der Waals surface area contributed by atoms with Gasteiger partial charge in [0, 0.05) is 9.64 Å². The Morgan fingerprint density at radius 2 is 1.66 bits per heavy atom. The highest BCUT2D eigenvalue weighted by Crippen LogP contribution is 2.24. The normalized spacial score (nSPS) is 10.7. The van der Waals surface area contributed by atoms with Crippen LogP contribution in [0.1, 0.15) is 20.7 Å². The van der Waals surface area contributed by atoms with Crippen LogP contribution in [0.5, 0.6) is 11.5 Å². The fourth-order valence-electron chi connectivity index (χ4n) is 2.24. The first-order chi connectivity index (χ1) is 13.9. The lowest BCUT2D eigenvalue weighted by Gasteiger charge is -2.07. The molecule has 0 aliphatic rings. The van der Waals surface area contributed by atoms with Gasteiger partial charge in [-0.25, -0.2) is 10.3 Å². The SMILES string of the molecule is O=C(N=Nc1ccc(NOC(=O)c2ccccc2I)cc1)c1ccc(O)cc1O. The van der Waals surface area contributed by atoms with Gasteiger partial charge in [-0.15, -0.1) is 10.2 Å². The first-order valence-electron chi connectivity index (χ1n) is 8.24. The zero-order valence-electron chi connectivity index (χ0n) is 14.7. The number of rotatable bonds is 5. The molecule has 3 aromatic carbocycles. The molecule has 146 valence electrons. The lowest BCUT2D eigenvalue weighted by atomic mass is 10.2. The van der Waals surface area contributed by atoms with Crippen LogP contribution in [0.4, 0.5) is 11.4 Å². The zero-order valence-corrected chi connectivity index (χ0v) is 16.9. The highest BCUT2D eigenvalue weighted by molar-refractivity contribution is 14.1. The Labute approximate surface area is 179 Å². The number of anilines is 1. The molecule has 3 N–H and O–H groups in total. The van der Waals surface area contributed by atoms with E-state index in [0.717, 1.165) is 9.64 Å². The molecule has 0 aromatic heterocycles. The summed E-state index contributed by atoms with van der Waals surface area (Å²) in [6, 6.07) is 16.9. The van der Waals surface area contributed by atoms with E-state index in [0.29, 0.717) is 16.9 Å². The number of nitrogens with one attached hydrogen (secondary N) is 1. The van der Waals surface area contributed by atoms with Gasteiger partial charge in [-0.2, -0.15) is 0 Å². The summed E-state index contributed by atoms with van der Waals surface area (Å²) in [6.45, 7) is 0. The van der Waals surface area contributed by atoms with E-state index in [1.165, 1.54) is 12.1 Å². The van der Waals surface area contributed by atoms with E-state index < -0.39 is 11.9 Å². The summed E-state index contributed by atoms with van der Waals surface area (Å²) in [7, 11) is 0. The number of carbonyl (C=O) groups is 2. The number of phenols is 2. The minimum absolute atomic E-state index is 0.0766. The van der Waals surface area contributed by atoms with Crippen molar-refractivity contribution in [2.24, 2.45) is 10.2 Å². The minimum atomic E-state index is -0.754. The zero-order chi connectivity index (χ0) is 20.8. The molecule has 8 nitrogen and oxygen atoms in total. The number of azo groups is 1. The van der Waals surface area contributed by atoms with Crippen LogP contribution in [0.15, 0.2) is 77.0 Å². The second kappa shape index (κ2) is 9.15. The van der Waals surface area contributed by atoms with Crippen molar-refractivity contribution in [2.45, 2.75) is 0 Å². The topological polar surface area (TPSA) is 121 Å². The number of carbonyl (C=O) groups excluding carboxylic acids is 2. The maximum atomic E-state index is 12.1. The summed E-state index contributed by atoms with van der Waals surface area (Å²) in [5.74, 6) is -1.82. The van der Waals surface area contributed by atoms with Crippen LogP contribution in [-0.2, 0) is 4.84 Å². The van der Waals surface area contributed by atoms with Crippen molar-refractivity contribution in [3.05, 3.63) is 81.4 Å². The Hall–Kier alpha value is -3.47. The molecule has 29 heavy (non-hydrogen) atoms. The van der Waals surface area contributed by atoms with E-state index in [2.05, 4.69) is 15.7 Å². The van der Waals surface area contributed by atoms with Crippen LogP contribution >= 0.6 is 22.6 Å². The second-order valence-corrected chi connectivity index (χ2v) is 6.89. The lowest BCUT2D eigenvalue weighted by Crippen LogP contribution is -2.11. The predicted molar refractivity (Wildman–Crippen MR) is 113 cm³/mol. The molecule has 1 amide bonds. The monoisotopic (exact) mass is 503 g/mol. The summed E-state index contributed by atoms with van der Waals surface area (Å²) >= 11 is 2.05. The van der Waals surface area contributed by atoms with Crippen LogP contribution in [0.3, 0.4) is 0 Å². The molecule has 0 radical (unpaired) electrons. The van der Waals surface area contributed by atoms with Gasteiger partial charge in [-0.05, 0) is 71.1 Å². The highest BCUT2D eigenvalue weighted by Gasteiger charge is 2.12. The number of hydrogen-bond acceptors (Lipinski definition) is 7. The molecule has 0 saturated heterocycles. The molecular weight excluding hydrogens is 489 g/mol. The number of phenolic OH excluding ortho intramolecular Hbond substituents is 2. The summed E-state index contributed by atoms with van der Waals surface area (Å²) in [6.07, 6.45) is 0. The Kier molecular flexibility index (Phi) is 6.39. The summed E-state index contributed by atoms with van der Waals surface area (Å²) < 4.78 is 0.775. The average molecular weight is 503 g/mol. The highest BCUT2D eigenvalue weighted by atomic mass is 127. The van der Waals surface area contributed by atoms with Crippen molar-refractivity contribution in [1.29, 1.82) is 0 Å². The number of benzene rings is 3. The third-order valence-corrected chi connectivity index (χ3v) is 4.63. The number of halogens is 1. The standard InChI is InChI=1S/C20H14IN3O5/c21-17-4-2-1-3-15(17)20(28)29-24-13-7-5-12(6-8-13)22-23-19(27)16-10-9-14(25)11-18(16)26/h1-11,24-26H. The average Bonchev–Trinajstić information content (AvgIpc) is 2.71. The van der Waals surface area contributed by atoms with E-state index in [1.54, 1.807) is 42.5 Å². The largest absolute Gasteiger partial charge is 0.508 e. The van der Waals surface area contributed by atoms with Crippen molar-refractivity contribution < 1.29 is 24.6 Å². The van der Waals surface area contributed by atoms with Crippen molar-refractivity contribution in [3.8, 4) is 11.5 Å². The number of nitrogens with zero attached hydrogens (tertiary/aromatic N) is 2. The third-order valence-electron chi connectivity index (χ3n) is 3.69.